The number of aromatic nitrogens is 2. The number of carboxylic acid groups (broad SMARTS) is 1. The maximum Gasteiger partial charge on any atom is 0.342 e. The maximum atomic E-state index is 10.5. The second-order valence-electron chi connectivity index (χ2n) is 2.15. The molecule has 3 N–H and O–H groups in total. The number of nitrogens with two attached hydrogens (primary N) is 1. The smallest absolute Gasteiger partial charge is 0.342 e. The van der Waals surface area contributed by atoms with E-state index in [1.807, 2.05) is 0 Å². The Labute approximate surface area is 67.8 Å². The van der Waals surface area contributed by atoms with Crippen molar-refractivity contribution in [3.8, 4) is 6.07 Å². The van der Waals surface area contributed by atoms with Gasteiger partial charge in [-0.25, -0.2) is 4.79 Å². The van der Waals surface area contributed by atoms with Crippen LogP contribution in [0.5, 0.6) is 0 Å². The van der Waals surface area contributed by atoms with E-state index in [2.05, 4.69) is 5.10 Å². The Kier molecular flexibility index (Phi) is 1.71. The van der Waals surface area contributed by atoms with Crippen LogP contribution in [0.2, 0.25) is 0 Å². The average molecular weight is 166 g/mol. The van der Waals surface area contributed by atoms with Gasteiger partial charge >= 0.3 is 5.97 Å². The first-order valence-corrected chi connectivity index (χ1v) is 3.03. The minimum Gasteiger partial charge on any atom is -0.477 e. The van der Waals surface area contributed by atoms with E-state index in [1.54, 1.807) is 6.07 Å². The van der Waals surface area contributed by atoms with Crippen LogP contribution in [0.4, 0.5) is 5.82 Å². The molecule has 62 valence electrons. The van der Waals surface area contributed by atoms with E-state index < -0.39 is 5.97 Å². The minimum atomic E-state index is -1.24. The van der Waals surface area contributed by atoms with Crippen molar-refractivity contribution < 1.29 is 9.90 Å². The summed E-state index contributed by atoms with van der Waals surface area (Å²) in [6.45, 7) is 0. The number of aryl methyl sites for hydroxylation is 1. The predicted molar refractivity (Wildman–Crippen MR) is 39.3 cm³/mol. The summed E-state index contributed by atoms with van der Waals surface area (Å²) in [5.74, 6) is -1.38. The highest BCUT2D eigenvalue weighted by molar-refractivity contribution is 5.95. The molecule has 1 aromatic rings. The zero-order valence-corrected chi connectivity index (χ0v) is 6.27. The molecule has 0 aliphatic carbocycles. The molecule has 0 saturated carbocycles. The summed E-state index contributed by atoms with van der Waals surface area (Å²) < 4.78 is 1.14. The van der Waals surface area contributed by atoms with Crippen LogP contribution in [0.25, 0.3) is 0 Å². The number of nitrogens with zero attached hydrogens (tertiary/aromatic N) is 3. The summed E-state index contributed by atoms with van der Waals surface area (Å²) in [4.78, 5) is 10.5. The van der Waals surface area contributed by atoms with Crippen LogP contribution in [0.3, 0.4) is 0 Å². The van der Waals surface area contributed by atoms with Gasteiger partial charge in [0, 0.05) is 7.05 Å². The molecule has 1 aromatic heterocycles. The molecular weight excluding hydrogens is 160 g/mol. The number of anilines is 1. The standard InChI is InChI=1S/C6H6N4O2/c1-10-3(2-7)4(6(11)12)5(8)9-10/h1H3,(H2,8,9)(H,11,12). The van der Waals surface area contributed by atoms with Crippen LogP contribution >= 0.6 is 0 Å². The van der Waals surface area contributed by atoms with Crippen molar-refractivity contribution >= 4 is 11.8 Å². The molecule has 6 heteroatoms. The Bertz CT molecular complexity index is 374. The SMILES string of the molecule is Cn1nc(N)c(C(=O)O)c1C#N. The Morgan fingerprint density at radius 2 is 2.42 bits per heavy atom. The van der Waals surface area contributed by atoms with Crippen molar-refractivity contribution in [1.29, 1.82) is 5.26 Å². The highest BCUT2D eigenvalue weighted by atomic mass is 16.4. The van der Waals surface area contributed by atoms with Crippen LogP contribution < -0.4 is 5.73 Å². The van der Waals surface area contributed by atoms with Gasteiger partial charge in [-0.1, -0.05) is 0 Å². The summed E-state index contributed by atoms with van der Waals surface area (Å²) in [6, 6.07) is 1.71. The number of carboxylic acids is 1. The third-order valence-corrected chi connectivity index (χ3v) is 1.39. The van der Waals surface area contributed by atoms with E-state index in [-0.39, 0.29) is 17.1 Å². The summed E-state index contributed by atoms with van der Waals surface area (Å²) >= 11 is 0. The molecule has 1 rings (SSSR count). The fourth-order valence-corrected chi connectivity index (χ4v) is 0.884. The van der Waals surface area contributed by atoms with Crippen LogP contribution in [0.15, 0.2) is 0 Å². The van der Waals surface area contributed by atoms with Crippen molar-refractivity contribution in [2.45, 2.75) is 0 Å². The monoisotopic (exact) mass is 166 g/mol. The normalized spacial score (nSPS) is 9.33. The van der Waals surface area contributed by atoms with Gasteiger partial charge in [0.1, 0.15) is 11.6 Å². The minimum absolute atomic E-state index is 0.0417. The molecule has 0 aliphatic rings. The second-order valence-corrected chi connectivity index (χ2v) is 2.15. The predicted octanol–water partition coefficient (Wildman–Crippen LogP) is -0.428. The zero-order chi connectivity index (χ0) is 9.30. The zero-order valence-electron chi connectivity index (χ0n) is 6.27. The molecule has 0 unspecified atom stereocenters. The molecule has 0 fully saturated rings. The fraction of sp³-hybridized carbons (Fsp3) is 0.167. The van der Waals surface area contributed by atoms with Gasteiger partial charge in [0.05, 0.1) is 0 Å². The van der Waals surface area contributed by atoms with Crippen LogP contribution in [0, 0.1) is 11.3 Å². The number of nitriles is 1. The molecule has 0 aromatic carbocycles. The van der Waals surface area contributed by atoms with Gasteiger partial charge in [-0.15, -0.1) is 0 Å². The van der Waals surface area contributed by atoms with E-state index in [4.69, 9.17) is 16.1 Å². The molecule has 0 spiro atoms. The van der Waals surface area contributed by atoms with E-state index in [9.17, 15) is 4.79 Å². The lowest BCUT2D eigenvalue weighted by atomic mass is 10.2. The van der Waals surface area contributed by atoms with Crippen molar-refractivity contribution in [3.63, 3.8) is 0 Å². The highest BCUT2D eigenvalue weighted by Gasteiger charge is 2.19. The van der Waals surface area contributed by atoms with E-state index in [0.29, 0.717) is 0 Å². The number of hydrogen-bond donors (Lipinski definition) is 2. The lowest BCUT2D eigenvalue weighted by Gasteiger charge is -1.90. The number of nitrogen functional groups attached to an aromatic ring is 1. The molecule has 0 aliphatic heterocycles. The lowest BCUT2D eigenvalue weighted by Crippen LogP contribution is -2.02. The Hall–Kier alpha value is -2.03. The first-order chi connectivity index (χ1) is 5.57. The first-order valence-electron chi connectivity index (χ1n) is 3.03. The molecule has 0 bridgehead atoms. The fourth-order valence-electron chi connectivity index (χ4n) is 0.884. The van der Waals surface area contributed by atoms with E-state index >= 15 is 0 Å². The lowest BCUT2D eigenvalue weighted by molar-refractivity contribution is 0.0697. The maximum absolute atomic E-state index is 10.5. The molecule has 0 atom stereocenters. The third kappa shape index (κ3) is 0.971. The van der Waals surface area contributed by atoms with Gasteiger partial charge in [-0.2, -0.15) is 10.4 Å². The van der Waals surface area contributed by atoms with Gasteiger partial charge in [0.25, 0.3) is 0 Å². The van der Waals surface area contributed by atoms with Gasteiger partial charge in [0.15, 0.2) is 11.5 Å². The first kappa shape index (κ1) is 8.07. The van der Waals surface area contributed by atoms with Gasteiger partial charge in [-0.3, -0.25) is 4.68 Å². The van der Waals surface area contributed by atoms with Crippen LogP contribution in [0.1, 0.15) is 16.1 Å². The molecular formula is C6H6N4O2. The summed E-state index contributed by atoms with van der Waals surface area (Å²) in [5, 5.41) is 20.7. The van der Waals surface area contributed by atoms with Crippen molar-refractivity contribution in [2.75, 3.05) is 5.73 Å². The Morgan fingerprint density at radius 3 is 2.75 bits per heavy atom. The van der Waals surface area contributed by atoms with E-state index in [1.165, 1.54) is 7.05 Å². The molecule has 0 amide bonds. The number of rotatable bonds is 1. The third-order valence-electron chi connectivity index (χ3n) is 1.39. The number of hydrogen-bond acceptors (Lipinski definition) is 4. The van der Waals surface area contributed by atoms with E-state index in [0.717, 1.165) is 4.68 Å². The molecule has 0 saturated heterocycles. The Morgan fingerprint density at radius 1 is 1.83 bits per heavy atom. The molecule has 6 nitrogen and oxygen atoms in total. The summed E-state index contributed by atoms with van der Waals surface area (Å²) in [5.41, 5.74) is 4.98. The molecule has 12 heavy (non-hydrogen) atoms. The summed E-state index contributed by atoms with van der Waals surface area (Å²) in [7, 11) is 1.46. The second kappa shape index (κ2) is 2.54. The van der Waals surface area contributed by atoms with Gasteiger partial charge in [0.2, 0.25) is 0 Å². The molecule has 0 radical (unpaired) electrons. The van der Waals surface area contributed by atoms with Crippen molar-refractivity contribution in [2.24, 2.45) is 7.05 Å². The van der Waals surface area contributed by atoms with Gasteiger partial charge in [-0.05, 0) is 0 Å². The van der Waals surface area contributed by atoms with Crippen LogP contribution in [-0.2, 0) is 7.05 Å². The number of carbonyl (C=O) groups is 1. The Balaban J connectivity index is 3.45. The quantitative estimate of drug-likeness (QED) is 0.589. The van der Waals surface area contributed by atoms with Crippen molar-refractivity contribution in [1.82, 2.24) is 9.78 Å². The molecule has 1 heterocycles. The summed E-state index contributed by atoms with van der Waals surface area (Å²) in [6.07, 6.45) is 0. The van der Waals surface area contributed by atoms with Crippen LogP contribution in [-0.4, -0.2) is 20.9 Å². The highest BCUT2D eigenvalue weighted by Crippen LogP contribution is 2.13. The largest absolute Gasteiger partial charge is 0.477 e. The average Bonchev–Trinajstić information content (AvgIpc) is 2.24. The number of aromatic carboxylic acids is 1. The topological polar surface area (TPSA) is 105 Å². The van der Waals surface area contributed by atoms with Gasteiger partial charge < -0.3 is 10.8 Å². The van der Waals surface area contributed by atoms with Crippen molar-refractivity contribution in [3.05, 3.63) is 11.3 Å².